The van der Waals surface area contributed by atoms with Crippen LogP contribution in [0, 0.1) is 0 Å². The molecule has 126 valence electrons. The minimum Gasteiger partial charge on any atom is -0.496 e. The third-order valence-electron chi connectivity index (χ3n) is 3.26. The summed E-state index contributed by atoms with van der Waals surface area (Å²) in [7, 11) is 1.59. The molecule has 24 heavy (non-hydrogen) atoms. The van der Waals surface area contributed by atoms with Gasteiger partial charge in [0.2, 0.25) is 0 Å². The summed E-state index contributed by atoms with van der Waals surface area (Å²) < 4.78 is 5.23. The molecule has 0 unspecified atom stereocenters. The van der Waals surface area contributed by atoms with E-state index in [2.05, 4.69) is 10.6 Å². The van der Waals surface area contributed by atoms with E-state index in [0.29, 0.717) is 28.7 Å². The van der Waals surface area contributed by atoms with Crippen molar-refractivity contribution in [3.05, 3.63) is 58.1 Å². The van der Waals surface area contributed by atoms with Crippen LogP contribution in [0.5, 0.6) is 5.75 Å². The van der Waals surface area contributed by atoms with Crippen LogP contribution in [0.3, 0.4) is 0 Å². The van der Waals surface area contributed by atoms with Crippen LogP contribution in [-0.2, 0) is 16.0 Å². The summed E-state index contributed by atoms with van der Waals surface area (Å²) >= 11 is 11.7. The van der Waals surface area contributed by atoms with Crippen LogP contribution in [0.2, 0.25) is 10.0 Å². The van der Waals surface area contributed by atoms with Gasteiger partial charge in [0.1, 0.15) is 5.75 Å². The number of anilines is 1. The minimum absolute atomic E-state index is 0.297. The van der Waals surface area contributed by atoms with Crippen LogP contribution in [-0.4, -0.2) is 25.5 Å². The Morgan fingerprint density at radius 1 is 1.04 bits per heavy atom. The van der Waals surface area contributed by atoms with Crippen molar-refractivity contribution in [1.82, 2.24) is 5.32 Å². The molecule has 0 radical (unpaired) electrons. The molecule has 0 atom stereocenters. The molecule has 0 spiro atoms. The van der Waals surface area contributed by atoms with Crippen molar-refractivity contribution in [1.29, 1.82) is 0 Å². The Morgan fingerprint density at radius 3 is 2.50 bits per heavy atom. The second-order valence-corrected chi connectivity index (χ2v) is 5.72. The second-order valence-electron chi connectivity index (χ2n) is 4.90. The maximum absolute atomic E-state index is 11.9. The minimum atomic E-state index is -0.770. The molecule has 2 N–H and O–H groups in total. The standard InChI is InChI=1S/C17H16Cl2N2O3/c1-24-15-5-3-2-4-11(15)8-9-20-16(22)17(23)21-12-6-7-13(18)14(19)10-12/h2-7,10H,8-9H2,1H3,(H,20,22)(H,21,23). The Morgan fingerprint density at radius 2 is 1.79 bits per heavy atom. The highest BCUT2D eigenvalue weighted by Crippen LogP contribution is 2.24. The van der Waals surface area contributed by atoms with Gasteiger partial charge in [0.05, 0.1) is 17.2 Å². The fourth-order valence-electron chi connectivity index (χ4n) is 2.06. The van der Waals surface area contributed by atoms with Gasteiger partial charge < -0.3 is 15.4 Å². The van der Waals surface area contributed by atoms with Crippen molar-refractivity contribution < 1.29 is 14.3 Å². The molecule has 0 aliphatic heterocycles. The third-order valence-corrected chi connectivity index (χ3v) is 4.00. The average molecular weight is 367 g/mol. The van der Waals surface area contributed by atoms with E-state index in [1.54, 1.807) is 19.2 Å². The number of halogens is 2. The van der Waals surface area contributed by atoms with Gasteiger partial charge in [0.15, 0.2) is 0 Å². The van der Waals surface area contributed by atoms with E-state index in [0.717, 1.165) is 11.3 Å². The highest BCUT2D eigenvalue weighted by molar-refractivity contribution is 6.42. The summed E-state index contributed by atoms with van der Waals surface area (Å²) in [5.74, 6) is -0.753. The first-order valence-corrected chi connectivity index (χ1v) is 7.93. The average Bonchev–Trinajstić information content (AvgIpc) is 2.58. The van der Waals surface area contributed by atoms with E-state index in [4.69, 9.17) is 27.9 Å². The third kappa shape index (κ3) is 4.88. The van der Waals surface area contributed by atoms with Crippen LogP contribution < -0.4 is 15.4 Å². The molecule has 0 bridgehead atoms. The van der Waals surface area contributed by atoms with Gasteiger partial charge in [-0.15, -0.1) is 0 Å². The number of carbonyl (C=O) groups excluding carboxylic acids is 2. The largest absolute Gasteiger partial charge is 0.496 e. The maximum Gasteiger partial charge on any atom is 0.313 e. The van der Waals surface area contributed by atoms with E-state index >= 15 is 0 Å². The molecular formula is C17H16Cl2N2O3. The molecule has 5 nitrogen and oxygen atoms in total. The zero-order chi connectivity index (χ0) is 17.5. The maximum atomic E-state index is 11.9. The highest BCUT2D eigenvalue weighted by atomic mass is 35.5. The van der Waals surface area contributed by atoms with E-state index in [1.807, 2.05) is 24.3 Å². The summed E-state index contributed by atoms with van der Waals surface area (Å²) in [6.45, 7) is 0.313. The molecule has 2 aromatic carbocycles. The van der Waals surface area contributed by atoms with Crippen LogP contribution in [0.25, 0.3) is 0 Å². The van der Waals surface area contributed by atoms with Crippen LogP contribution in [0.1, 0.15) is 5.56 Å². The van der Waals surface area contributed by atoms with E-state index in [-0.39, 0.29) is 0 Å². The number of methoxy groups -OCH3 is 1. The lowest BCUT2D eigenvalue weighted by Crippen LogP contribution is -2.36. The number of amides is 2. The molecular weight excluding hydrogens is 351 g/mol. The van der Waals surface area contributed by atoms with Crippen molar-refractivity contribution >= 4 is 40.7 Å². The smallest absolute Gasteiger partial charge is 0.313 e. The number of ether oxygens (including phenoxy) is 1. The predicted molar refractivity (Wildman–Crippen MR) is 94.8 cm³/mol. The molecule has 7 heteroatoms. The first-order chi connectivity index (χ1) is 11.5. The van der Waals surface area contributed by atoms with Gasteiger partial charge in [0.25, 0.3) is 0 Å². The molecule has 2 amide bonds. The zero-order valence-corrected chi connectivity index (χ0v) is 14.4. The SMILES string of the molecule is COc1ccccc1CCNC(=O)C(=O)Nc1ccc(Cl)c(Cl)c1. The first-order valence-electron chi connectivity index (χ1n) is 7.17. The summed E-state index contributed by atoms with van der Waals surface area (Å²) in [5, 5.41) is 5.69. The number of hydrogen-bond donors (Lipinski definition) is 2. The van der Waals surface area contributed by atoms with Gasteiger partial charge in [-0.1, -0.05) is 41.4 Å². The first kappa shape index (κ1) is 18.1. The highest BCUT2D eigenvalue weighted by Gasteiger charge is 2.14. The van der Waals surface area contributed by atoms with Gasteiger partial charge in [-0.05, 0) is 36.2 Å². The number of rotatable bonds is 5. The van der Waals surface area contributed by atoms with E-state index in [9.17, 15) is 9.59 Å². The molecule has 0 saturated heterocycles. The molecule has 0 aromatic heterocycles. The lowest BCUT2D eigenvalue weighted by molar-refractivity contribution is -0.136. The van der Waals surface area contributed by atoms with Crippen LogP contribution in [0.4, 0.5) is 5.69 Å². The number of hydrogen-bond acceptors (Lipinski definition) is 3. The van der Waals surface area contributed by atoms with Crippen molar-refractivity contribution in [2.75, 3.05) is 19.0 Å². The number of benzene rings is 2. The Bertz CT molecular complexity index is 750. The topological polar surface area (TPSA) is 67.4 Å². The number of nitrogens with one attached hydrogen (secondary N) is 2. The monoisotopic (exact) mass is 366 g/mol. The summed E-state index contributed by atoms with van der Waals surface area (Å²) in [6, 6.07) is 12.1. The van der Waals surface area contributed by atoms with Gasteiger partial charge in [-0.25, -0.2) is 0 Å². The van der Waals surface area contributed by atoms with E-state index in [1.165, 1.54) is 6.07 Å². The van der Waals surface area contributed by atoms with E-state index < -0.39 is 11.8 Å². The Hall–Kier alpha value is -2.24. The zero-order valence-electron chi connectivity index (χ0n) is 12.9. The van der Waals surface area contributed by atoms with Gasteiger partial charge in [-0.3, -0.25) is 9.59 Å². The van der Waals surface area contributed by atoms with Crippen molar-refractivity contribution in [3.8, 4) is 5.75 Å². The van der Waals surface area contributed by atoms with Crippen LogP contribution >= 0.6 is 23.2 Å². The molecule has 2 aromatic rings. The molecule has 0 fully saturated rings. The molecule has 2 rings (SSSR count). The van der Waals surface area contributed by atoms with Gasteiger partial charge >= 0.3 is 11.8 Å². The molecule has 0 aliphatic carbocycles. The molecule has 0 aliphatic rings. The van der Waals surface area contributed by atoms with Crippen molar-refractivity contribution in [2.24, 2.45) is 0 Å². The fraction of sp³-hybridized carbons (Fsp3) is 0.176. The van der Waals surface area contributed by atoms with Gasteiger partial charge in [0, 0.05) is 12.2 Å². The summed E-state index contributed by atoms with van der Waals surface area (Å²) in [6.07, 6.45) is 0.551. The number of carbonyl (C=O) groups is 2. The number of para-hydroxylation sites is 1. The Labute approximate surface area is 149 Å². The Balaban J connectivity index is 1.85. The summed E-state index contributed by atoms with van der Waals surface area (Å²) in [4.78, 5) is 23.7. The molecule has 0 heterocycles. The lowest BCUT2D eigenvalue weighted by atomic mass is 10.1. The lowest BCUT2D eigenvalue weighted by Gasteiger charge is -2.09. The summed E-state index contributed by atoms with van der Waals surface area (Å²) in [5.41, 5.74) is 1.35. The predicted octanol–water partition coefficient (Wildman–Crippen LogP) is 3.30. The molecule has 0 saturated carbocycles. The second kappa shape index (κ2) is 8.57. The van der Waals surface area contributed by atoms with Gasteiger partial charge in [-0.2, -0.15) is 0 Å². The quantitative estimate of drug-likeness (QED) is 0.797. The fourth-order valence-corrected chi connectivity index (χ4v) is 2.36. The Kier molecular flexibility index (Phi) is 6.46. The van der Waals surface area contributed by atoms with Crippen molar-refractivity contribution in [3.63, 3.8) is 0 Å². The normalized spacial score (nSPS) is 10.1. The van der Waals surface area contributed by atoms with Crippen molar-refractivity contribution in [2.45, 2.75) is 6.42 Å². The van der Waals surface area contributed by atoms with Crippen LogP contribution in [0.15, 0.2) is 42.5 Å².